The molecule has 1 saturated heterocycles. The molecule has 7 heteroatoms. The quantitative estimate of drug-likeness (QED) is 0.421. The number of guanidine groups is 1. The molecule has 1 aliphatic carbocycles. The van der Waals surface area contributed by atoms with Gasteiger partial charge < -0.3 is 25.4 Å². The van der Waals surface area contributed by atoms with E-state index in [-0.39, 0.29) is 5.54 Å². The Morgan fingerprint density at radius 2 is 2.04 bits per heavy atom. The molecule has 28 heavy (non-hydrogen) atoms. The largest absolute Gasteiger partial charge is 0.387 e. The van der Waals surface area contributed by atoms with Crippen molar-refractivity contribution >= 4 is 5.96 Å². The molecule has 3 N–H and O–H groups in total. The topological polar surface area (TPSA) is 72.4 Å². The van der Waals surface area contributed by atoms with Gasteiger partial charge in [0.1, 0.15) is 0 Å². The number of aliphatic hydroxyl groups is 1. The first kappa shape index (κ1) is 23.4. The number of rotatable bonds is 8. The Hall–Kier alpha value is -0.890. The van der Waals surface area contributed by atoms with E-state index in [4.69, 9.17) is 9.73 Å². The zero-order chi connectivity index (χ0) is 20.6. The second-order valence-corrected chi connectivity index (χ2v) is 9.25. The number of nitrogens with one attached hydrogen (secondary N) is 2. The summed E-state index contributed by atoms with van der Waals surface area (Å²) in [7, 11) is 4.38. The van der Waals surface area contributed by atoms with Crippen molar-refractivity contribution in [2.24, 2.45) is 10.9 Å². The Bertz CT molecular complexity index is 491. The first-order chi connectivity index (χ1) is 13.3. The smallest absolute Gasteiger partial charge is 0.191 e. The number of morpholine rings is 1. The Morgan fingerprint density at radius 1 is 1.32 bits per heavy atom. The lowest BCUT2D eigenvalue weighted by Gasteiger charge is -2.45. The minimum absolute atomic E-state index is 0.171. The number of ether oxygens (including phenoxy) is 1. The Balaban J connectivity index is 1.94. The summed E-state index contributed by atoms with van der Waals surface area (Å²) in [6.45, 7) is 12.2. The fourth-order valence-electron chi connectivity index (χ4n) is 4.49. The summed E-state index contributed by atoms with van der Waals surface area (Å²) in [4.78, 5) is 9.35. The van der Waals surface area contributed by atoms with Gasteiger partial charge in [-0.05, 0) is 46.7 Å². The average Bonchev–Trinajstić information content (AvgIpc) is 2.64. The van der Waals surface area contributed by atoms with Gasteiger partial charge in [-0.3, -0.25) is 9.89 Å². The molecule has 1 heterocycles. The van der Waals surface area contributed by atoms with Gasteiger partial charge in [0, 0.05) is 38.3 Å². The van der Waals surface area contributed by atoms with Gasteiger partial charge in [0.25, 0.3) is 0 Å². The number of hydrogen-bond acceptors (Lipinski definition) is 5. The van der Waals surface area contributed by atoms with Gasteiger partial charge in [0.2, 0.25) is 0 Å². The van der Waals surface area contributed by atoms with Crippen molar-refractivity contribution in [2.45, 2.75) is 57.6 Å². The van der Waals surface area contributed by atoms with E-state index < -0.39 is 5.60 Å². The summed E-state index contributed by atoms with van der Waals surface area (Å²) in [5, 5.41) is 17.7. The first-order valence-electron chi connectivity index (χ1n) is 11.0. The summed E-state index contributed by atoms with van der Waals surface area (Å²) < 4.78 is 5.40. The highest BCUT2D eigenvalue weighted by Crippen LogP contribution is 2.35. The molecule has 164 valence electrons. The maximum Gasteiger partial charge on any atom is 0.191 e. The lowest BCUT2D eigenvalue weighted by Crippen LogP contribution is -2.56. The fourth-order valence-corrected chi connectivity index (χ4v) is 4.49. The van der Waals surface area contributed by atoms with E-state index in [9.17, 15) is 5.11 Å². The van der Waals surface area contributed by atoms with E-state index in [1.54, 1.807) is 0 Å². The Labute approximate surface area is 171 Å². The van der Waals surface area contributed by atoms with E-state index in [0.717, 1.165) is 51.3 Å². The molecule has 7 nitrogen and oxygen atoms in total. The summed E-state index contributed by atoms with van der Waals surface area (Å²) in [5.74, 6) is 1.55. The van der Waals surface area contributed by atoms with Crippen LogP contribution >= 0.6 is 0 Å². The van der Waals surface area contributed by atoms with E-state index in [2.05, 4.69) is 48.4 Å². The highest BCUT2D eigenvalue weighted by molar-refractivity contribution is 5.79. The molecule has 2 fully saturated rings. The third-order valence-electron chi connectivity index (χ3n) is 6.19. The van der Waals surface area contributed by atoms with Crippen LogP contribution in [0.15, 0.2) is 4.99 Å². The molecule has 0 spiro atoms. The van der Waals surface area contributed by atoms with Crippen LogP contribution in [0, 0.1) is 5.92 Å². The molecule has 0 aromatic heterocycles. The maximum absolute atomic E-state index is 10.8. The number of aliphatic imine (C=N–C) groups is 1. The van der Waals surface area contributed by atoms with Crippen LogP contribution in [-0.4, -0.2) is 98.6 Å². The molecule has 1 saturated carbocycles. The van der Waals surface area contributed by atoms with Crippen molar-refractivity contribution in [3.05, 3.63) is 0 Å². The molecule has 3 atom stereocenters. The minimum Gasteiger partial charge on any atom is -0.387 e. The SMILES string of the molecule is CCNC(=NCC(C)(O)CN1CCOCC1)NCC1(N(C)C)CCCC(C)C1. The van der Waals surface area contributed by atoms with Gasteiger partial charge in [-0.2, -0.15) is 0 Å². The normalized spacial score (nSPS) is 29.5. The van der Waals surface area contributed by atoms with Crippen LogP contribution in [0.1, 0.15) is 46.5 Å². The van der Waals surface area contributed by atoms with Gasteiger partial charge in [-0.25, -0.2) is 0 Å². The molecule has 0 bridgehead atoms. The van der Waals surface area contributed by atoms with E-state index >= 15 is 0 Å². The monoisotopic (exact) mass is 397 g/mol. The van der Waals surface area contributed by atoms with Gasteiger partial charge in [0.05, 0.1) is 25.4 Å². The molecule has 2 aliphatic rings. The third kappa shape index (κ3) is 7.17. The molecule has 3 unspecified atom stereocenters. The minimum atomic E-state index is -0.849. The summed E-state index contributed by atoms with van der Waals surface area (Å²) in [6.07, 6.45) is 5.03. The van der Waals surface area contributed by atoms with E-state index in [1.807, 2.05) is 6.92 Å². The molecular formula is C21H43N5O2. The molecule has 0 radical (unpaired) electrons. The van der Waals surface area contributed by atoms with Crippen LogP contribution in [-0.2, 0) is 4.74 Å². The molecular weight excluding hydrogens is 354 g/mol. The van der Waals surface area contributed by atoms with Crippen LogP contribution in [0.3, 0.4) is 0 Å². The van der Waals surface area contributed by atoms with Gasteiger partial charge in [-0.15, -0.1) is 0 Å². The molecule has 0 aromatic rings. The second-order valence-electron chi connectivity index (χ2n) is 9.25. The highest BCUT2D eigenvalue weighted by atomic mass is 16.5. The van der Waals surface area contributed by atoms with Crippen LogP contribution in [0.5, 0.6) is 0 Å². The van der Waals surface area contributed by atoms with Gasteiger partial charge >= 0.3 is 0 Å². The standard InChI is InChI=1S/C21H43N5O2/c1-6-22-19(23-15-20(3,27)17-26-10-12-28-13-11-26)24-16-21(25(4)5)9-7-8-18(2)14-21/h18,27H,6-17H2,1-5H3,(H2,22,23,24). The number of nitrogens with zero attached hydrogens (tertiary/aromatic N) is 3. The lowest BCUT2D eigenvalue weighted by molar-refractivity contribution is -0.0180. The predicted octanol–water partition coefficient (Wildman–Crippen LogP) is 1.14. The summed E-state index contributed by atoms with van der Waals surface area (Å²) in [6, 6.07) is 0. The van der Waals surface area contributed by atoms with Gasteiger partial charge in [-0.1, -0.05) is 19.8 Å². The van der Waals surface area contributed by atoms with Crippen LogP contribution < -0.4 is 10.6 Å². The van der Waals surface area contributed by atoms with E-state index in [1.165, 1.54) is 25.7 Å². The molecule has 0 aromatic carbocycles. The first-order valence-corrected chi connectivity index (χ1v) is 11.0. The van der Waals surface area contributed by atoms with Crippen molar-refractivity contribution in [1.82, 2.24) is 20.4 Å². The van der Waals surface area contributed by atoms with Crippen molar-refractivity contribution in [2.75, 3.05) is 66.6 Å². The van der Waals surface area contributed by atoms with E-state index in [0.29, 0.717) is 13.1 Å². The Kier molecular flexibility index (Phi) is 8.99. The van der Waals surface area contributed by atoms with Crippen molar-refractivity contribution in [1.29, 1.82) is 0 Å². The van der Waals surface area contributed by atoms with Crippen LogP contribution in [0.4, 0.5) is 0 Å². The lowest BCUT2D eigenvalue weighted by atomic mass is 9.75. The highest BCUT2D eigenvalue weighted by Gasteiger charge is 2.37. The maximum atomic E-state index is 10.8. The zero-order valence-corrected chi connectivity index (χ0v) is 18.8. The zero-order valence-electron chi connectivity index (χ0n) is 18.8. The van der Waals surface area contributed by atoms with Gasteiger partial charge in [0.15, 0.2) is 5.96 Å². The Morgan fingerprint density at radius 3 is 2.64 bits per heavy atom. The fraction of sp³-hybridized carbons (Fsp3) is 0.952. The number of hydrogen-bond donors (Lipinski definition) is 3. The number of likely N-dealkylation sites (N-methyl/N-ethyl adjacent to an activating group) is 1. The van der Waals surface area contributed by atoms with Crippen molar-refractivity contribution in [3.63, 3.8) is 0 Å². The predicted molar refractivity (Wildman–Crippen MR) is 116 cm³/mol. The second kappa shape index (κ2) is 10.8. The summed E-state index contributed by atoms with van der Waals surface area (Å²) >= 11 is 0. The average molecular weight is 398 g/mol. The van der Waals surface area contributed by atoms with Crippen molar-refractivity contribution < 1.29 is 9.84 Å². The van der Waals surface area contributed by atoms with Crippen LogP contribution in [0.2, 0.25) is 0 Å². The number of β-amino-alcohol motifs (C(OH)–C–C–N with tert-alkyl or cyclic N) is 1. The molecule has 2 rings (SSSR count). The van der Waals surface area contributed by atoms with Crippen molar-refractivity contribution in [3.8, 4) is 0 Å². The molecule has 0 amide bonds. The summed E-state index contributed by atoms with van der Waals surface area (Å²) in [5.41, 5.74) is -0.678. The molecule has 1 aliphatic heterocycles. The third-order valence-corrected chi connectivity index (χ3v) is 6.19. The van der Waals surface area contributed by atoms with Crippen LogP contribution in [0.25, 0.3) is 0 Å².